The van der Waals surface area contributed by atoms with Crippen molar-refractivity contribution in [3.8, 4) is 0 Å². The van der Waals surface area contributed by atoms with Crippen LogP contribution in [0.1, 0.15) is 47.5 Å². The summed E-state index contributed by atoms with van der Waals surface area (Å²) in [5, 5.41) is 34.8. The number of carbonyl (C=O) groups is 5. The first kappa shape index (κ1) is 28.3. The maximum absolute atomic E-state index is 12.7. The standard InChI is InChI=1S/C19H34N4O8/c1-6-9(4)14(17(28)21-11(19(30)31)7-12(25)26)22-18(29)15(10(5)24)23-16(27)13(20)8(2)3/h8-11,13-15,24H,6-7,20H2,1-5H3,(H,21,28)(H,22,29)(H,23,27)(H,25,26)(H,30,31). The minimum atomic E-state index is -1.69. The lowest BCUT2D eigenvalue weighted by Gasteiger charge is -2.29. The summed E-state index contributed by atoms with van der Waals surface area (Å²) < 4.78 is 0. The Bertz CT molecular complexity index is 667. The SMILES string of the molecule is CCC(C)C(NC(=O)C(NC(=O)C(N)C(C)C)C(C)O)C(=O)NC(CC(=O)O)C(=O)O. The highest BCUT2D eigenvalue weighted by molar-refractivity contribution is 5.95. The molecular weight excluding hydrogens is 412 g/mol. The summed E-state index contributed by atoms with van der Waals surface area (Å²) in [5.41, 5.74) is 5.76. The highest BCUT2D eigenvalue weighted by Gasteiger charge is 2.35. The Balaban J connectivity index is 5.53. The van der Waals surface area contributed by atoms with Gasteiger partial charge in [0.2, 0.25) is 17.7 Å². The van der Waals surface area contributed by atoms with E-state index in [9.17, 15) is 29.1 Å². The van der Waals surface area contributed by atoms with E-state index < -0.39 is 72.3 Å². The minimum absolute atomic E-state index is 0.224. The van der Waals surface area contributed by atoms with Gasteiger partial charge in [-0.1, -0.05) is 34.1 Å². The van der Waals surface area contributed by atoms with Crippen molar-refractivity contribution in [1.29, 1.82) is 0 Å². The second kappa shape index (κ2) is 12.8. The summed E-state index contributed by atoms with van der Waals surface area (Å²) >= 11 is 0. The molecule has 0 radical (unpaired) electrons. The molecule has 8 N–H and O–H groups in total. The van der Waals surface area contributed by atoms with Crippen molar-refractivity contribution in [2.75, 3.05) is 0 Å². The van der Waals surface area contributed by atoms with Gasteiger partial charge in [0, 0.05) is 0 Å². The third kappa shape index (κ3) is 9.30. The molecule has 0 aromatic carbocycles. The number of aliphatic carboxylic acids is 2. The zero-order valence-corrected chi connectivity index (χ0v) is 18.4. The number of nitrogens with two attached hydrogens (primary N) is 1. The number of carboxylic acid groups (broad SMARTS) is 2. The third-order valence-corrected chi connectivity index (χ3v) is 4.87. The zero-order valence-electron chi connectivity index (χ0n) is 18.4. The summed E-state index contributed by atoms with van der Waals surface area (Å²) in [6, 6.07) is -5.25. The van der Waals surface area contributed by atoms with Gasteiger partial charge in [0.25, 0.3) is 0 Å². The van der Waals surface area contributed by atoms with E-state index in [-0.39, 0.29) is 5.92 Å². The Hall–Kier alpha value is -2.73. The first-order chi connectivity index (χ1) is 14.2. The number of aliphatic hydroxyl groups excluding tert-OH is 1. The van der Waals surface area contributed by atoms with Crippen LogP contribution in [0.5, 0.6) is 0 Å². The summed E-state index contributed by atoms with van der Waals surface area (Å²) in [6.45, 7) is 8.06. The molecule has 0 aliphatic carbocycles. The van der Waals surface area contributed by atoms with Gasteiger partial charge in [-0.15, -0.1) is 0 Å². The number of hydrogen-bond acceptors (Lipinski definition) is 7. The van der Waals surface area contributed by atoms with E-state index in [1.54, 1.807) is 27.7 Å². The normalized spacial score (nSPS) is 16.9. The van der Waals surface area contributed by atoms with Gasteiger partial charge in [-0.25, -0.2) is 4.79 Å². The average molecular weight is 447 g/mol. The van der Waals surface area contributed by atoms with Crippen LogP contribution >= 0.6 is 0 Å². The number of amides is 3. The lowest BCUT2D eigenvalue weighted by Crippen LogP contribution is -2.61. The van der Waals surface area contributed by atoms with Gasteiger partial charge >= 0.3 is 11.9 Å². The number of carbonyl (C=O) groups excluding carboxylic acids is 3. The lowest BCUT2D eigenvalue weighted by molar-refractivity contribution is -0.147. The smallest absolute Gasteiger partial charge is 0.326 e. The molecule has 0 bridgehead atoms. The largest absolute Gasteiger partial charge is 0.481 e. The summed E-state index contributed by atoms with van der Waals surface area (Å²) in [6.07, 6.45) is -1.75. The molecular formula is C19H34N4O8. The van der Waals surface area contributed by atoms with Gasteiger partial charge < -0.3 is 37.0 Å². The summed E-state index contributed by atoms with van der Waals surface area (Å²) in [5.74, 6) is -6.08. The first-order valence-corrected chi connectivity index (χ1v) is 10.0. The molecule has 0 fully saturated rings. The first-order valence-electron chi connectivity index (χ1n) is 10.0. The second-order valence-electron chi connectivity index (χ2n) is 7.87. The van der Waals surface area contributed by atoms with Crippen LogP contribution in [0.15, 0.2) is 0 Å². The van der Waals surface area contributed by atoms with Crippen LogP contribution in [-0.4, -0.2) is 75.3 Å². The maximum atomic E-state index is 12.7. The molecule has 0 aliphatic heterocycles. The third-order valence-electron chi connectivity index (χ3n) is 4.87. The Morgan fingerprint density at radius 1 is 0.839 bits per heavy atom. The van der Waals surface area contributed by atoms with E-state index >= 15 is 0 Å². The van der Waals surface area contributed by atoms with Crippen molar-refractivity contribution in [3.63, 3.8) is 0 Å². The van der Waals surface area contributed by atoms with Crippen molar-refractivity contribution in [3.05, 3.63) is 0 Å². The van der Waals surface area contributed by atoms with Crippen molar-refractivity contribution in [2.24, 2.45) is 17.6 Å². The summed E-state index contributed by atoms with van der Waals surface area (Å²) in [4.78, 5) is 59.6. The van der Waals surface area contributed by atoms with Crippen LogP contribution in [0.25, 0.3) is 0 Å². The van der Waals surface area contributed by atoms with Gasteiger partial charge in [-0.05, 0) is 18.8 Å². The number of rotatable bonds is 13. The molecule has 0 rings (SSSR count). The van der Waals surface area contributed by atoms with E-state index in [2.05, 4.69) is 16.0 Å². The monoisotopic (exact) mass is 446 g/mol. The lowest BCUT2D eigenvalue weighted by atomic mass is 9.96. The van der Waals surface area contributed by atoms with E-state index in [0.29, 0.717) is 6.42 Å². The molecule has 0 saturated heterocycles. The topological polar surface area (TPSA) is 208 Å². The number of hydrogen-bond donors (Lipinski definition) is 7. The van der Waals surface area contributed by atoms with Crippen LogP contribution in [0.4, 0.5) is 0 Å². The predicted molar refractivity (Wildman–Crippen MR) is 110 cm³/mol. The highest BCUT2D eigenvalue weighted by atomic mass is 16.4. The molecule has 3 amide bonds. The molecule has 178 valence electrons. The molecule has 12 nitrogen and oxygen atoms in total. The molecule has 0 aromatic rings. The van der Waals surface area contributed by atoms with Crippen molar-refractivity contribution in [2.45, 2.75) is 77.7 Å². The fraction of sp³-hybridized carbons (Fsp3) is 0.737. The van der Waals surface area contributed by atoms with Crippen LogP contribution in [0.3, 0.4) is 0 Å². The molecule has 0 saturated carbocycles. The number of carboxylic acids is 2. The van der Waals surface area contributed by atoms with Gasteiger partial charge in [-0.3, -0.25) is 19.2 Å². The van der Waals surface area contributed by atoms with E-state index in [4.69, 9.17) is 15.9 Å². The van der Waals surface area contributed by atoms with Gasteiger partial charge in [0.05, 0.1) is 18.6 Å². The molecule has 0 heterocycles. The predicted octanol–water partition coefficient (Wildman–Crippen LogP) is -1.59. The molecule has 6 unspecified atom stereocenters. The van der Waals surface area contributed by atoms with Gasteiger partial charge in [-0.2, -0.15) is 0 Å². The Labute approximate surface area is 180 Å². The highest BCUT2D eigenvalue weighted by Crippen LogP contribution is 2.10. The Morgan fingerprint density at radius 3 is 1.71 bits per heavy atom. The quantitative estimate of drug-likeness (QED) is 0.174. The van der Waals surface area contributed by atoms with E-state index in [0.717, 1.165) is 0 Å². The van der Waals surface area contributed by atoms with Crippen molar-refractivity contribution >= 4 is 29.7 Å². The zero-order chi connectivity index (χ0) is 24.5. The molecule has 12 heteroatoms. The van der Waals surface area contributed by atoms with Crippen LogP contribution in [0, 0.1) is 11.8 Å². The molecule has 31 heavy (non-hydrogen) atoms. The molecule has 0 spiro atoms. The van der Waals surface area contributed by atoms with Gasteiger partial charge in [0.15, 0.2) is 0 Å². The van der Waals surface area contributed by atoms with E-state index in [1.807, 2.05) is 0 Å². The average Bonchev–Trinajstić information content (AvgIpc) is 2.66. The summed E-state index contributed by atoms with van der Waals surface area (Å²) in [7, 11) is 0. The minimum Gasteiger partial charge on any atom is -0.481 e. The number of aliphatic hydroxyl groups is 1. The van der Waals surface area contributed by atoms with Crippen LogP contribution in [-0.2, 0) is 24.0 Å². The maximum Gasteiger partial charge on any atom is 0.326 e. The molecule has 0 aromatic heterocycles. The van der Waals surface area contributed by atoms with Crippen LogP contribution in [0.2, 0.25) is 0 Å². The number of nitrogens with one attached hydrogen (secondary N) is 3. The molecule has 6 atom stereocenters. The fourth-order valence-corrected chi connectivity index (χ4v) is 2.54. The fourth-order valence-electron chi connectivity index (χ4n) is 2.54. The van der Waals surface area contributed by atoms with Crippen molar-refractivity contribution in [1.82, 2.24) is 16.0 Å². The Morgan fingerprint density at radius 2 is 1.32 bits per heavy atom. The van der Waals surface area contributed by atoms with Crippen molar-refractivity contribution < 1.29 is 39.3 Å². The van der Waals surface area contributed by atoms with Gasteiger partial charge in [0.1, 0.15) is 18.1 Å². The van der Waals surface area contributed by atoms with E-state index in [1.165, 1.54) is 6.92 Å². The van der Waals surface area contributed by atoms with Crippen LogP contribution < -0.4 is 21.7 Å². The Kier molecular flexibility index (Phi) is 11.7. The molecule has 0 aliphatic rings. The second-order valence-corrected chi connectivity index (χ2v) is 7.87.